The molecule has 2 aromatic rings. The molecule has 0 unspecified atom stereocenters. The van der Waals surface area contributed by atoms with E-state index in [4.69, 9.17) is 5.11 Å². The largest absolute Gasteiger partial charge is 0.477 e. The Kier molecular flexibility index (Phi) is 4.97. The molecule has 3 N–H and O–H groups in total. The summed E-state index contributed by atoms with van der Waals surface area (Å²) in [4.78, 5) is 27.3. The molecule has 1 amide bonds. The minimum atomic E-state index is -0.955. The second kappa shape index (κ2) is 6.92. The van der Waals surface area contributed by atoms with Crippen molar-refractivity contribution in [3.63, 3.8) is 0 Å². The van der Waals surface area contributed by atoms with Gasteiger partial charge in [0.05, 0.1) is 5.75 Å². The number of amides is 1. The molecule has 0 aromatic carbocycles. The van der Waals surface area contributed by atoms with Gasteiger partial charge < -0.3 is 5.11 Å². The lowest BCUT2D eigenvalue weighted by Crippen LogP contribution is -2.31. The SMILES string of the molecule is O=C(CSc1csc(C(=O)O)c1)NNc1ccccn1. The Morgan fingerprint density at radius 1 is 1.40 bits per heavy atom. The van der Waals surface area contributed by atoms with Crippen LogP contribution in [0.2, 0.25) is 0 Å². The maximum Gasteiger partial charge on any atom is 0.345 e. The molecule has 0 fully saturated rings. The predicted octanol–water partition coefficient (Wildman–Crippen LogP) is 2.08. The van der Waals surface area contributed by atoms with Crippen LogP contribution in [0.4, 0.5) is 5.82 Å². The van der Waals surface area contributed by atoms with Crippen LogP contribution in [-0.2, 0) is 4.79 Å². The molecule has 2 aromatic heterocycles. The van der Waals surface area contributed by atoms with Gasteiger partial charge in [0.25, 0.3) is 0 Å². The van der Waals surface area contributed by atoms with E-state index in [0.717, 1.165) is 16.2 Å². The number of nitrogens with zero attached hydrogens (tertiary/aromatic N) is 1. The Morgan fingerprint density at radius 2 is 2.25 bits per heavy atom. The monoisotopic (exact) mass is 309 g/mol. The topological polar surface area (TPSA) is 91.3 Å². The Balaban J connectivity index is 1.76. The molecule has 8 heteroatoms. The van der Waals surface area contributed by atoms with Crippen LogP contribution in [0.5, 0.6) is 0 Å². The first-order chi connectivity index (χ1) is 9.65. The van der Waals surface area contributed by atoms with Crippen LogP contribution in [0, 0.1) is 0 Å². The molecule has 0 aliphatic carbocycles. The third kappa shape index (κ3) is 4.25. The molecule has 0 spiro atoms. The quantitative estimate of drug-likeness (QED) is 0.559. The van der Waals surface area contributed by atoms with Crippen LogP contribution < -0.4 is 10.9 Å². The van der Waals surface area contributed by atoms with Crippen LogP contribution in [0.15, 0.2) is 40.7 Å². The van der Waals surface area contributed by atoms with Gasteiger partial charge in [-0.3, -0.25) is 15.6 Å². The number of carbonyl (C=O) groups excluding carboxylic acids is 1. The number of hydrogen-bond acceptors (Lipinski definition) is 6. The first-order valence-corrected chi connectivity index (χ1v) is 7.42. The summed E-state index contributed by atoms with van der Waals surface area (Å²) in [5.74, 6) is -0.434. The first-order valence-electron chi connectivity index (χ1n) is 5.55. The molecule has 0 aliphatic heterocycles. The number of aromatic nitrogens is 1. The molecule has 2 rings (SSSR count). The van der Waals surface area contributed by atoms with Gasteiger partial charge in [0.15, 0.2) is 0 Å². The molecule has 0 saturated carbocycles. The van der Waals surface area contributed by atoms with Gasteiger partial charge in [-0.1, -0.05) is 6.07 Å². The summed E-state index contributed by atoms with van der Waals surface area (Å²) in [6, 6.07) is 6.86. The zero-order valence-electron chi connectivity index (χ0n) is 10.2. The fourth-order valence-electron chi connectivity index (χ4n) is 1.26. The minimum absolute atomic E-state index is 0.190. The molecule has 0 atom stereocenters. The first kappa shape index (κ1) is 14.4. The van der Waals surface area contributed by atoms with E-state index in [1.807, 2.05) is 0 Å². The van der Waals surface area contributed by atoms with Gasteiger partial charge in [0.2, 0.25) is 5.91 Å². The van der Waals surface area contributed by atoms with Crippen LogP contribution >= 0.6 is 23.1 Å². The standard InChI is InChI=1S/C12H11N3O3S2/c16-11(15-14-10-3-1-2-4-13-10)7-19-8-5-9(12(17)18)20-6-8/h1-6H,7H2,(H,13,14)(H,15,16)(H,17,18). The van der Waals surface area contributed by atoms with Gasteiger partial charge in [0.1, 0.15) is 10.7 Å². The zero-order chi connectivity index (χ0) is 14.4. The number of carboxylic acids is 1. The number of rotatable bonds is 6. The fraction of sp³-hybridized carbons (Fsp3) is 0.0833. The zero-order valence-corrected chi connectivity index (χ0v) is 11.8. The summed E-state index contributed by atoms with van der Waals surface area (Å²) in [6.45, 7) is 0. The van der Waals surface area contributed by atoms with Gasteiger partial charge in [-0.25, -0.2) is 9.78 Å². The Morgan fingerprint density at radius 3 is 2.90 bits per heavy atom. The van der Waals surface area contributed by atoms with E-state index in [-0.39, 0.29) is 16.5 Å². The number of hydrogen-bond donors (Lipinski definition) is 3. The van der Waals surface area contributed by atoms with E-state index in [1.165, 1.54) is 11.8 Å². The predicted molar refractivity (Wildman–Crippen MR) is 78.0 cm³/mol. The van der Waals surface area contributed by atoms with Gasteiger partial charge in [0, 0.05) is 16.5 Å². The number of anilines is 1. The highest BCUT2D eigenvalue weighted by atomic mass is 32.2. The Labute approximate surface area is 123 Å². The smallest absolute Gasteiger partial charge is 0.345 e. The van der Waals surface area contributed by atoms with E-state index >= 15 is 0 Å². The average Bonchev–Trinajstić information content (AvgIpc) is 2.93. The number of thioether (sulfide) groups is 1. The highest BCUT2D eigenvalue weighted by Crippen LogP contribution is 2.24. The molecule has 0 saturated heterocycles. The van der Waals surface area contributed by atoms with Gasteiger partial charge >= 0.3 is 5.97 Å². The van der Waals surface area contributed by atoms with E-state index in [1.54, 1.807) is 35.8 Å². The molecule has 104 valence electrons. The van der Waals surface area contributed by atoms with E-state index in [9.17, 15) is 9.59 Å². The molecule has 0 aliphatic rings. The van der Waals surface area contributed by atoms with Gasteiger partial charge in [-0.05, 0) is 18.2 Å². The number of carbonyl (C=O) groups is 2. The third-order valence-corrected chi connectivity index (χ3v) is 4.19. The van der Waals surface area contributed by atoms with Crippen LogP contribution in [0.1, 0.15) is 9.67 Å². The van der Waals surface area contributed by atoms with Crippen molar-refractivity contribution in [1.29, 1.82) is 0 Å². The van der Waals surface area contributed by atoms with Crippen molar-refractivity contribution < 1.29 is 14.7 Å². The van der Waals surface area contributed by atoms with Crippen molar-refractivity contribution in [2.75, 3.05) is 11.2 Å². The van der Waals surface area contributed by atoms with Gasteiger partial charge in [-0.15, -0.1) is 23.1 Å². The van der Waals surface area contributed by atoms with Crippen molar-refractivity contribution in [2.45, 2.75) is 4.90 Å². The lowest BCUT2D eigenvalue weighted by molar-refractivity contribution is -0.118. The van der Waals surface area contributed by atoms with E-state index < -0.39 is 5.97 Å². The molecule has 6 nitrogen and oxygen atoms in total. The van der Waals surface area contributed by atoms with E-state index in [0.29, 0.717) is 5.82 Å². The minimum Gasteiger partial charge on any atom is -0.477 e. The molecule has 0 bridgehead atoms. The summed E-state index contributed by atoms with van der Waals surface area (Å²) in [5.41, 5.74) is 5.20. The summed E-state index contributed by atoms with van der Waals surface area (Å²) in [6.07, 6.45) is 1.61. The number of nitrogens with one attached hydrogen (secondary N) is 2. The second-order valence-electron chi connectivity index (χ2n) is 3.63. The molecule has 2 heterocycles. The van der Waals surface area contributed by atoms with Crippen molar-refractivity contribution >= 4 is 40.8 Å². The number of thiophene rings is 1. The summed E-state index contributed by atoms with van der Waals surface area (Å²) >= 11 is 2.42. The average molecular weight is 309 g/mol. The maximum absolute atomic E-state index is 11.6. The van der Waals surface area contributed by atoms with Crippen LogP contribution in [-0.4, -0.2) is 27.7 Å². The molecule has 0 radical (unpaired) electrons. The van der Waals surface area contributed by atoms with E-state index in [2.05, 4.69) is 15.8 Å². The summed E-state index contributed by atoms with van der Waals surface area (Å²) in [5, 5.41) is 10.5. The summed E-state index contributed by atoms with van der Waals surface area (Å²) in [7, 11) is 0. The van der Waals surface area contributed by atoms with Crippen molar-refractivity contribution in [2.24, 2.45) is 0 Å². The Bertz CT molecular complexity index is 601. The Hall–Kier alpha value is -2.06. The lowest BCUT2D eigenvalue weighted by Gasteiger charge is -2.06. The number of carboxylic acid groups (broad SMARTS) is 1. The lowest BCUT2D eigenvalue weighted by atomic mass is 10.5. The number of aromatic carboxylic acids is 1. The van der Waals surface area contributed by atoms with Gasteiger partial charge in [-0.2, -0.15) is 0 Å². The fourth-order valence-corrected chi connectivity index (χ4v) is 2.93. The highest BCUT2D eigenvalue weighted by Gasteiger charge is 2.08. The normalized spacial score (nSPS) is 10.0. The number of pyridine rings is 1. The second-order valence-corrected chi connectivity index (χ2v) is 5.59. The number of hydrazine groups is 1. The third-order valence-electron chi connectivity index (χ3n) is 2.15. The van der Waals surface area contributed by atoms with Crippen molar-refractivity contribution in [3.05, 3.63) is 40.7 Å². The van der Waals surface area contributed by atoms with Crippen molar-refractivity contribution in [3.8, 4) is 0 Å². The van der Waals surface area contributed by atoms with Crippen LogP contribution in [0.25, 0.3) is 0 Å². The molecule has 20 heavy (non-hydrogen) atoms. The molecular weight excluding hydrogens is 298 g/mol. The summed E-state index contributed by atoms with van der Waals surface area (Å²) < 4.78 is 0. The molecular formula is C12H11N3O3S2. The van der Waals surface area contributed by atoms with Crippen molar-refractivity contribution in [1.82, 2.24) is 10.4 Å². The van der Waals surface area contributed by atoms with Crippen LogP contribution in [0.3, 0.4) is 0 Å². The maximum atomic E-state index is 11.6. The highest BCUT2D eigenvalue weighted by molar-refractivity contribution is 8.00.